The minimum Gasteiger partial charge on any atom is -0.384 e. The monoisotopic (exact) mass is 456 g/mol. The van der Waals surface area contributed by atoms with E-state index in [2.05, 4.69) is 31.4 Å². The molecule has 3 rings (SSSR count). The molecule has 0 atom stereocenters. The first-order chi connectivity index (χ1) is 14.1. The Labute approximate surface area is 191 Å². The number of nitrogen functional groups attached to an aromatic ring is 1. The van der Waals surface area contributed by atoms with Gasteiger partial charge in [-0.25, -0.2) is 0 Å². The van der Waals surface area contributed by atoms with Gasteiger partial charge in [-0.15, -0.1) is 23.7 Å². The zero-order valence-corrected chi connectivity index (χ0v) is 19.1. The van der Waals surface area contributed by atoms with Crippen LogP contribution in [-0.4, -0.2) is 17.6 Å². The van der Waals surface area contributed by atoms with E-state index < -0.39 is 0 Å². The number of benzene rings is 2. The number of rotatable bonds is 5. The van der Waals surface area contributed by atoms with Gasteiger partial charge in [-0.3, -0.25) is 15.0 Å². The van der Waals surface area contributed by atoms with E-state index in [0.717, 1.165) is 5.56 Å². The molecule has 0 spiro atoms. The van der Waals surface area contributed by atoms with Crippen LogP contribution in [0.2, 0.25) is 0 Å². The van der Waals surface area contributed by atoms with E-state index in [9.17, 15) is 9.59 Å². The molecule has 1 aromatic heterocycles. The largest absolute Gasteiger partial charge is 0.384 e. The Morgan fingerprint density at radius 2 is 1.61 bits per heavy atom. The summed E-state index contributed by atoms with van der Waals surface area (Å²) in [5.74, 6) is -0.696. The van der Waals surface area contributed by atoms with Gasteiger partial charge < -0.3 is 16.4 Å². The number of thiophene rings is 1. The first-order valence-electron chi connectivity index (χ1n) is 9.40. The second-order valence-electron chi connectivity index (χ2n) is 7.89. The molecular weight excluding hydrogens is 432 g/mol. The maximum absolute atomic E-state index is 12.7. The number of amides is 2. The number of carbonyl (C=O) groups is 2. The van der Waals surface area contributed by atoms with Crippen molar-refractivity contribution in [2.24, 2.45) is 5.73 Å². The fraction of sp³-hybridized carbons (Fsp3) is 0.174. The van der Waals surface area contributed by atoms with Gasteiger partial charge in [-0.05, 0) is 46.7 Å². The average molecular weight is 457 g/mol. The Morgan fingerprint density at radius 3 is 2.23 bits per heavy atom. The molecule has 0 fully saturated rings. The molecule has 5 N–H and O–H groups in total. The molecule has 0 radical (unpaired) electrons. The van der Waals surface area contributed by atoms with E-state index in [1.54, 1.807) is 47.8 Å². The third-order valence-corrected chi connectivity index (χ3v) is 5.48. The van der Waals surface area contributed by atoms with E-state index in [1.807, 2.05) is 12.1 Å². The lowest BCUT2D eigenvalue weighted by molar-refractivity contribution is 0.102. The van der Waals surface area contributed by atoms with Crippen molar-refractivity contribution in [3.63, 3.8) is 0 Å². The van der Waals surface area contributed by atoms with Crippen molar-refractivity contribution in [3.8, 4) is 0 Å². The molecule has 0 saturated carbocycles. The number of anilines is 2. The van der Waals surface area contributed by atoms with Gasteiger partial charge in [0.1, 0.15) is 10.7 Å². The van der Waals surface area contributed by atoms with E-state index in [4.69, 9.17) is 11.1 Å². The number of amidine groups is 1. The summed E-state index contributed by atoms with van der Waals surface area (Å²) in [6, 6.07) is 15.9. The quantitative estimate of drug-likeness (QED) is 0.310. The zero-order chi connectivity index (χ0) is 21.9. The number of nitrogens with one attached hydrogen (secondary N) is 3. The number of nitrogens with two attached hydrogens (primary N) is 1. The predicted octanol–water partition coefficient (Wildman–Crippen LogP) is 5.26. The SMILES string of the molecule is CC(C)(C)c1ccc(C(=O)Nc2ccsc2C(=O)Nc2cccc(C(=N)N)c2)cc1.Cl. The second kappa shape index (κ2) is 9.76. The smallest absolute Gasteiger partial charge is 0.267 e. The van der Waals surface area contributed by atoms with E-state index in [0.29, 0.717) is 27.4 Å². The molecular formula is C23H25ClN4O2S. The van der Waals surface area contributed by atoms with E-state index >= 15 is 0 Å². The van der Waals surface area contributed by atoms with Gasteiger partial charge >= 0.3 is 0 Å². The van der Waals surface area contributed by atoms with Gasteiger partial charge in [0.2, 0.25) is 0 Å². The van der Waals surface area contributed by atoms with Crippen LogP contribution in [0, 0.1) is 5.41 Å². The number of halogens is 1. The highest BCUT2D eigenvalue weighted by molar-refractivity contribution is 7.12. The number of hydrogen-bond donors (Lipinski definition) is 4. The molecule has 162 valence electrons. The lowest BCUT2D eigenvalue weighted by Crippen LogP contribution is -2.17. The van der Waals surface area contributed by atoms with E-state index in [-0.39, 0.29) is 35.5 Å². The normalized spacial score (nSPS) is 10.7. The maximum atomic E-state index is 12.7. The van der Waals surface area contributed by atoms with Gasteiger partial charge in [0.25, 0.3) is 11.8 Å². The predicted molar refractivity (Wildman–Crippen MR) is 130 cm³/mol. The van der Waals surface area contributed by atoms with Gasteiger partial charge in [0.05, 0.1) is 5.69 Å². The van der Waals surface area contributed by atoms with Crippen molar-refractivity contribution in [2.75, 3.05) is 10.6 Å². The molecule has 0 aliphatic carbocycles. The van der Waals surface area contributed by atoms with Crippen molar-refractivity contribution in [1.29, 1.82) is 5.41 Å². The highest BCUT2D eigenvalue weighted by Gasteiger charge is 2.18. The van der Waals surface area contributed by atoms with Gasteiger partial charge in [0.15, 0.2) is 0 Å². The first-order valence-corrected chi connectivity index (χ1v) is 10.3. The van der Waals surface area contributed by atoms with Gasteiger partial charge in [-0.2, -0.15) is 0 Å². The van der Waals surface area contributed by atoms with Crippen LogP contribution in [0.15, 0.2) is 60.0 Å². The minimum atomic E-state index is -0.343. The highest BCUT2D eigenvalue weighted by atomic mass is 35.5. The number of carbonyl (C=O) groups excluding carboxylic acids is 2. The molecule has 1 heterocycles. The summed E-state index contributed by atoms with van der Waals surface area (Å²) in [6.07, 6.45) is 0. The van der Waals surface area contributed by atoms with Gasteiger partial charge in [-0.1, -0.05) is 45.0 Å². The minimum absolute atomic E-state index is 0. The third kappa shape index (κ3) is 5.93. The molecule has 3 aromatic rings. The van der Waals surface area contributed by atoms with Crippen LogP contribution in [0.3, 0.4) is 0 Å². The molecule has 0 aliphatic heterocycles. The molecule has 6 nitrogen and oxygen atoms in total. The molecule has 0 bridgehead atoms. The Kier molecular flexibility index (Phi) is 7.60. The van der Waals surface area contributed by atoms with Crippen LogP contribution in [0.25, 0.3) is 0 Å². The Balaban J connectivity index is 0.00000341. The molecule has 2 aromatic carbocycles. The van der Waals surface area contributed by atoms with Crippen molar-refractivity contribution < 1.29 is 9.59 Å². The molecule has 0 aliphatic rings. The summed E-state index contributed by atoms with van der Waals surface area (Å²) in [5.41, 5.74) is 8.66. The standard InChI is InChI=1S/C23H24N4O2S.ClH/c1-23(2,3)16-9-7-14(8-10-16)21(28)27-18-11-12-30-19(18)22(29)26-17-6-4-5-15(13-17)20(24)25;/h4-13H,1-3H3,(H3,24,25)(H,26,29)(H,27,28);1H. The van der Waals surface area contributed by atoms with Crippen molar-refractivity contribution in [3.05, 3.63) is 81.5 Å². The van der Waals surface area contributed by atoms with E-state index in [1.165, 1.54) is 11.3 Å². The lowest BCUT2D eigenvalue weighted by atomic mass is 9.87. The van der Waals surface area contributed by atoms with Crippen LogP contribution in [0.5, 0.6) is 0 Å². The molecule has 31 heavy (non-hydrogen) atoms. The Bertz CT molecular complexity index is 1100. The summed E-state index contributed by atoms with van der Waals surface area (Å²) < 4.78 is 0. The molecule has 2 amide bonds. The second-order valence-corrected chi connectivity index (χ2v) is 8.81. The fourth-order valence-corrected chi connectivity index (χ4v) is 3.60. The van der Waals surface area contributed by atoms with Crippen molar-refractivity contribution >= 4 is 52.8 Å². The maximum Gasteiger partial charge on any atom is 0.267 e. The fourth-order valence-electron chi connectivity index (χ4n) is 2.85. The Morgan fingerprint density at radius 1 is 0.935 bits per heavy atom. The summed E-state index contributed by atoms with van der Waals surface area (Å²) in [4.78, 5) is 25.8. The Hall–Kier alpha value is -3.16. The molecule has 8 heteroatoms. The van der Waals surface area contributed by atoms with Gasteiger partial charge in [0, 0.05) is 16.8 Å². The summed E-state index contributed by atoms with van der Waals surface area (Å²) in [7, 11) is 0. The van der Waals surface area contributed by atoms with Crippen molar-refractivity contribution in [1.82, 2.24) is 0 Å². The first kappa shape index (κ1) is 24.1. The van der Waals surface area contributed by atoms with Crippen molar-refractivity contribution in [2.45, 2.75) is 26.2 Å². The zero-order valence-electron chi connectivity index (χ0n) is 17.5. The molecule has 0 saturated heterocycles. The van der Waals surface area contributed by atoms with Crippen LogP contribution < -0.4 is 16.4 Å². The topological polar surface area (TPSA) is 108 Å². The van der Waals surface area contributed by atoms with Crippen LogP contribution in [0.4, 0.5) is 11.4 Å². The van der Waals surface area contributed by atoms with Crippen LogP contribution in [-0.2, 0) is 5.41 Å². The average Bonchev–Trinajstić information content (AvgIpc) is 3.16. The van der Waals surface area contributed by atoms with Crippen LogP contribution in [0.1, 0.15) is 51.9 Å². The third-order valence-electron chi connectivity index (χ3n) is 4.56. The molecule has 0 unspecified atom stereocenters. The summed E-state index contributed by atoms with van der Waals surface area (Å²) in [5, 5.41) is 14.9. The lowest BCUT2D eigenvalue weighted by Gasteiger charge is -2.19. The number of hydrogen-bond acceptors (Lipinski definition) is 4. The van der Waals surface area contributed by atoms with Crippen LogP contribution >= 0.6 is 23.7 Å². The summed E-state index contributed by atoms with van der Waals surface area (Å²) >= 11 is 1.24. The summed E-state index contributed by atoms with van der Waals surface area (Å²) in [6.45, 7) is 6.35. The highest BCUT2D eigenvalue weighted by Crippen LogP contribution is 2.26.